The van der Waals surface area contributed by atoms with E-state index >= 15 is 0 Å². The molecule has 0 saturated heterocycles. The van der Waals surface area contributed by atoms with Crippen molar-refractivity contribution in [2.75, 3.05) is 24.6 Å². The summed E-state index contributed by atoms with van der Waals surface area (Å²) in [5.41, 5.74) is 0.269. The fourth-order valence-electron chi connectivity index (χ4n) is 1.99. The molecule has 1 aromatic heterocycles. The standard InChI is InChI=1S/C10H15ClN4O3/c1-2-14-7-6(12-9(11)13-7)8(17)15(10(14)18)4-3-5-16/h10,16,18H,2-5H2,1H3,(H,12,13). The zero-order valence-corrected chi connectivity index (χ0v) is 10.7. The van der Waals surface area contributed by atoms with Crippen LogP contribution in [0.4, 0.5) is 5.82 Å². The van der Waals surface area contributed by atoms with Gasteiger partial charge in [-0.05, 0) is 24.9 Å². The van der Waals surface area contributed by atoms with Crippen LogP contribution < -0.4 is 4.90 Å². The number of aliphatic hydroxyl groups is 2. The second-order valence-electron chi connectivity index (χ2n) is 3.93. The number of aromatic nitrogens is 2. The van der Waals surface area contributed by atoms with Gasteiger partial charge < -0.3 is 20.1 Å². The highest BCUT2D eigenvalue weighted by Crippen LogP contribution is 2.29. The van der Waals surface area contributed by atoms with E-state index in [0.29, 0.717) is 18.8 Å². The highest BCUT2D eigenvalue weighted by molar-refractivity contribution is 6.28. The maximum atomic E-state index is 12.1. The molecule has 1 aliphatic rings. The molecule has 2 heterocycles. The predicted octanol–water partition coefficient (Wildman–Crippen LogP) is 0.00350. The van der Waals surface area contributed by atoms with Crippen molar-refractivity contribution in [2.24, 2.45) is 0 Å². The van der Waals surface area contributed by atoms with Gasteiger partial charge in [-0.2, -0.15) is 4.98 Å². The number of anilines is 1. The molecule has 1 unspecified atom stereocenters. The molecule has 100 valence electrons. The number of fused-ring (bicyclic) bond motifs is 1. The van der Waals surface area contributed by atoms with Crippen molar-refractivity contribution in [3.8, 4) is 0 Å². The topological polar surface area (TPSA) is 92.7 Å². The fraction of sp³-hybridized carbons (Fsp3) is 0.600. The smallest absolute Gasteiger partial charge is 0.277 e. The number of rotatable bonds is 4. The number of halogens is 1. The van der Waals surface area contributed by atoms with Crippen molar-refractivity contribution in [3.05, 3.63) is 11.0 Å². The minimum atomic E-state index is -1.08. The molecule has 0 spiro atoms. The van der Waals surface area contributed by atoms with Gasteiger partial charge in [0.05, 0.1) is 0 Å². The Morgan fingerprint density at radius 3 is 2.83 bits per heavy atom. The summed E-state index contributed by atoms with van der Waals surface area (Å²) >= 11 is 5.75. The fourth-order valence-corrected chi connectivity index (χ4v) is 2.16. The van der Waals surface area contributed by atoms with Gasteiger partial charge >= 0.3 is 0 Å². The molecule has 1 aliphatic heterocycles. The van der Waals surface area contributed by atoms with E-state index in [2.05, 4.69) is 9.97 Å². The van der Waals surface area contributed by atoms with E-state index in [1.165, 1.54) is 4.90 Å². The molecule has 2 rings (SSSR count). The Morgan fingerprint density at radius 1 is 1.50 bits per heavy atom. The number of nitrogens with zero attached hydrogens (tertiary/aromatic N) is 3. The van der Waals surface area contributed by atoms with Crippen LogP contribution in [0.25, 0.3) is 0 Å². The lowest BCUT2D eigenvalue weighted by molar-refractivity contribution is -0.000607. The molecule has 1 aromatic rings. The third-order valence-corrected chi connectivity index (χ3v) is 3.04. The summed E-state index contributed by atoms with van der Waals surface area (Å²) in [6.07, 6.45) is -0.682. The van der Waals surface area contributed by atoms with E-state index in [-0.39, 0.29) is 30.0 Å². The van der Waals surface area contributed by atoms with Gasteiger partial charge in [0.15, 0.2) is 5.82 Å². The number of aliphatic hydroxyl groups excluding tert-OH is 2. The molecule has 0 radical (unpaired) electrons. The molecule has 3 N–H and O–H groups in total. The Hall–Kier alpha value is -1.31. The maximum absolute atomic E-state index is 12.1. The molecule has 0 aliphatic carbocycles. The van der Waals surface area contributed by atoms with Gasteiger partial charge in [0.25, 0.3) is 5.91 Å². The lowest BCUT2D eigenvalue weighted by Gasteiger charge is -2.39. The maximum Gasteiger partial charge on any atom is 0.277 e. The monoisotopic (exact) mass is 274 g/mol. The van der Waals surface area contributed by atoms with E-state index < -0.39 is 6.35 Å². The first kappa shape index (κ1) is 13.1. The van der Waals surface area contributed by atoms with Crippen LogP contribution >= 0.6 is 11.6 Å². The Labute approximate surface area is 109 Å². The molecule has 1 atom stereocenters. The van der Waals surface area contributed by atoms with Crippen molar-refractivity contribution in [3.63, 3.8) is 0 Å². The summed E-state index contributed by atoms with van der Waals surface area (Å²) < 4.78 is 0. The Bertz CT molecular complexity index is 450. The van der Waals surface area contributed by atoms with Gasteiger partial charge in [-0.15, -0.1) is 0 Å². The summed E-state index contributed by atoms with van der Waals surface area (Å²) in [5.74, 6) is -0.00435. The van der Waals surface area contributed by atoms with Crippen LogP contribution in [0.5, 0.6) is 0 Å². The zero-order valence-electron chi connectivity index (χ0n) is 9.93. The van der Waals surface area contributed by atoms with Crippen molar-refractivity contribution in [1.29, 1.82) is 0 Å². The summed E-state index contributed by atoms with van der Waals surface area (Å²) in [6.45, 7) is 2.55. The number of aromatic amines is 1. The van der Waals surface area contributed by atoms with E-state index in [1.807, 2.05) is 6.92 Å². The van der Waals surface area contributed by atoms with Crippen LogP contribution in [-0.2, 0) is 0 Å². The largest absolute Gasteiger partial charge is 0.396 e. The van der Waals surface area contributed by atoms with Gasteiger partial charge in [-0.25, -0.2) is 0 Å². The number of hydrogen-bond donors (Lipinski definition) is 3. The van der Waals surface area contributed by atoms with E-state index in [0.717, 1.165) is 0 Å². The summed E-state index contributed by atoms with van der Waals surface area (Å²) in [4.78, 5) is 21.7. The predicted molar refractivity (Wildman–Crippen MR) is 65.4 cm³/mol. The van der Waals surface area contributed by atoms with Crippen molar-refractivity contribution >= 4 is 23.3 Å². The zero-order chi connectivity index (χ0) is 13.3. The number of amides is 1. The SMILES string of the molecule is CCN1c2nc(Cl)[nH]c2C(=O)N(CCCO)C1O. The lowest BCUT2D eigenvalue weighted by atomic mass is 10.2. The van der Waals surface area contributed by atoms with Crippen molar-refractivity contribution < 1.29 is 15.0 Å². The molecule has 0 saturated carbocycles. The summed E-state index contributed by atoms with van der Waals surface area (Å²) in [5, 5.41) is 19.1. The highest BCUT2D eigenvalue weighted by Gasteiger charge is 2.38. The second-order valence-corrected chi connectivity index (χ2v) is 4.29. The molecule has 7 nitrogen and oxygen atoms in total. The molecular weight excluding hydrogens is 260 g/mol. The molecule has 0 fully saturated rings. The Morgan fingerprint density at radius 2 is 2.22 bits per heavy atom. The summed E-state index contributed by atoms with van der Waals surface area (Å²) in [6, 6.07) is 0. The van der Waals surface area contributed by atoms with Crippen LogP contribution in [-0.4, -0.2) is 57.0 Å². The molecule has 0 bridgehead atoms. The molecule has 1 amide bonds. The summed E-state index contributed by atoms with van der Waals surface area (Å²) in [7, 11) is 0. The quantitative estimate of drug-likeness (QED) is 0.719. The lowest BCUT2D eigenvalue weighted by Crippen LogP contribution is -2.55. The van der Waals surface area contributed by atoms with Crippen LogP contribution in [0.2, 0.25) is 5.28 Å². The van der Waals surface area contributed by atoms with Crippen LogP contribution in [0.15, 0.2) is 0 Å². The average Bonchev–Trinajstić information content (AvgIpc) is 2.72. The van der Waals surface area contributed by atoms with Gasteiger partial charge in [0, 0.05) is 19.7 Å². The highest BCUT2D eigenvalue weighted by atomic mass is 35.5. The van der Waals surface area contributed by atoms with Gasteiger partial charge in [0.2, 0.25) is 11.6 Å². The van der Waals surface area contributed by atoms with E-state index in [9.17, 15) is 9.90 Å². The first-order valence-electron chi connectivity index (χ1n) is 5.72. The third-order valence-electron chi connectivity index (χ3n) is 2.86. The van der Waals surface area contributed by atoms with Crippen LogP contribution in [0.1, 0.15) is 23.8 Å². The number of carbonyl (C=O) groups is 1. The van der Waals surface area contributed by atoms with Crippen molar-refractivity contribution in [1.82, 2.24) is 14.9 Å². The van der Waals surface area contributed by atoms with Gasteiger partial charge in [0.1, 0.15) is 5.69 Å². The average molecular weight is 275 g/mol. The number of carbonyl (C=O) groups excluding carboxylic acids is 1. The first-order chi connectivity index (χ1) is 8.60. The van der Waals surface area contributed by atoms with E-state index in [1.54, 1.807) is 4.90 Å². The second kappa shape index (κ2) is 5.13. The number of nitrogens with one attached hydrogen (secondary N) is 1. The van der Waals surface area contributed by atoms with E-state index in [4.69, 9.17) is 16.7 Å². The molecule has 0 aromatic carbocycles. The first-order valence-corrected chi connectivity index (χ1v) is 6.10. The normalized spacial score (nSPS) is 19.3. The Kier molecular flexibility index (Phi) is 3.74. The number of hydrogen-bond acceptors (Lipinski definition) is 5. The van der Waals surface area contributed by atoms with Gasteiger partial charge in [-0.1, -0.05) is 0 Å². The van der Waals surface area contributed by atoms with Crippen LogP contribution in [0, 0.1) is 0 Å². The molecule has 18 heavy (non-hydrogen) atoms. The Balaban J connectivity index is 2.35. The van der Waals surface area contributed by atoms with Crippen molar-refractivity contribution in [2.45, 2.75) is 19.7 Å². The van der Waals surface area contributed by atoms with Gasteiger partial charge in [-0.3, -0.25) is 9.69 Å². The minimum Gasteiger partial charge on any atom is -0.396 e. The third kappa shape index (κ3) is 2.05. The number of imidazole rings is 1. The minimum absolute atomic E-state index is 0.0424. The van der Waals surface area contributed by atoms with Crippen LogP contribution in [0.3, 0.4) is 0 Å². The number of H-pyrrole nitrogens is 1. The molecule has 8 heteroatoms. The molecular formula is C10H15ClN4O3.